The molecule has 0 fully saturated rings. The molecule has 1 aromatic heterocycles. The SMILES string of the molecule is COC(=O)c1ccc(CNC(C)CCN(C)C)o1. The Kier molecular flexibility index (Phi) is 5.88. The zero-order valence-electron chi connectivity index (χ0n) is 11.5. The Morgan fingerprint density at radius 3 is 2.83 bits per heavy atom. The zero-order chi connectivity index (χ0) is 13.5. The van der Waals surface area contributed by atoms with Gasteiger partial charge in [0.1, 0.15) is 5.76 Å². The van der Waals surface area contributed by atoms with Crippen molar-refractivity contribution >= 4 is 5.97 Å². The van der Waals surface area contributed by atoms with Crippen molar-refractivity contribution in [3.63, 3.8) is 0 Å². The smallest absolute Gasteiger partial charge is 0.373 e. The third kappa shape index (κ3) is 4.89. The first-order chi connectivity index (χ1) is 8.52. The van der Waals surface area contributed by atoms with Gasteiger partial charge in [-0.2, -0.15) is 0 Å². The lowest BCUT2D eigenvalue weighted by Crippen LogP contribution is -2.29. The Morgan fingerprint density at radius 2 is 2.22 bits per heavy atom. The highest BCUT2D eigenvalue weighted by atomic mass is 16.5. The Hall–Kier alpha value is -1.33. The van der Waals surface area contributed by atoms with Gasteiger partial charge in [0.2, 0.25) is 5.76 Å². The Balaban J connectivity index is 2.34. The molecule has 102 valence electrons. The Bertz CT molecular complexity index is 374. The van der Waals surface area contributed by atoms with E-state index in [2.05, 4.69) is 36.0 Å². The van der Waals surface area contributed by atoms with Crippen LogP contribution in [0.2, 0.25) is 0 Å². The second kappa shape index (κ2) is 7.18. The van der Waals surface area contributed by atoms with Crippen LogP contribution in [0.5, 0.6) is 0 Å². The van der Waals surface area contributed by atoms with Crippen LogP contribution in [-0.4, -0.2) is 44.7 Å². The van der Waals surface area contributed by atoms with Gasteiger partial charge >= 0.3 is 5.97 Å². The van der Waals surface area contributed by atoms with Crippen molar-refractivity contribution in [2.75, 3.05) is 27.7 Å². The third-order valence-corrected chi connectivity index (χ3v) is 2.68. The number of carbonyl (C=O) groups is 1. The van der Waals surface area contributed by atoms with Crippen LogP contribution in [0.3, 0.4) is 0 Å². The zero-order valence-corrected chi connectivity index (χ0v) is 11.5. The summed E-state index contributed by atoms with van der Waals surface area (Å²) in [6.07, 6.45) is 1.07. The van der Waals surface area contributed by atoms with E-state index in [1.807, 2.05) is 0 Å². The largest absolute Gasteiger partial charge is 0.463 e. The summed E-state index contributed by atoms with van der Waals surface area (Å²) in [5.41, 5.74) is 0. The van der Waals surface area contributed by atoms with Crippen LogP contribution in [-0.2, 0) is 11.3 Å². The van der Waals surface area contributed by atoms with Crippen LogP contribution in [0, 0.1) is 0 Å². The van der Waals surface area contributed by atoms with Crippen molar-refractivity contribution in [3.8, 4) is 0 Å². The number of hydrogen-bond acceptors (Lipinski definition) is 5. The van der Waals surface area contributed by atoms with E-state index in [4.69, 9.17) is 4.42 Å². The maximum absolute atomic E-state index is 11.2. The third-order valence-electron chi connectivity index (χ3n) is 2.68. The van der Waals surface area contributed by atoms with Gasteiger partial charge in [-0.15, -0.1) is 0 Å². The molecule has 0 radical (unpaired) electrons. The molecule has 0 aliphatic carbocycles. The van der Waals surface area contributed by atoms with E-state index in [0.29, 0.717) is 12.6 Å². The summed E-state index contributed by atoms with van der Waals surface area (Å²) < 4.78 is 9.95. The summed E-state index contributed by atoms with van der Waals surface area (Å²) in [5, 5.41) is 3.35. The molecule has 5 nitrogen and oxygen atoms in total. The van der Waals surface area contributed by atoms with Crippen molar-refractivity contribution in [2.24, 2.45) is 0 Å². The van der Waals surface area contributed by atoms with Crippen LogP contribution in [0.25, 0.3) is 0 Å². The molecule has 1 unspecified atom stereocenters. The normalized spacial score (nSPS) is 12.7. The van der Waals surface area contributed by atoms with E-state index >= 15 is 0 Å². The number of ether oxygens (including phenoxy) is 1. The Labute approximate surface area is 108 Å². The van der Waals surface area contributed by atoms with Gasteiger partial charge in [-0.05, 0) is 46.1 Å². The van der Waals surface area contributed by atoms with Crippen LogP contribution in [0.1, 0.15) is 29.7 Å². The number of methoxy groups -OCH3 is 1. The van der Waals surface area contributed by atoms with Crippen LogP contribution >= 0.6 is 0 Å². The van der Waals surface area contributed by atoms with Crippen molar-refractivity contribution in [1.82, 2.24) is 10.2 Å². The summed E-state index contributed by atoms with van der Waals surface area (Å²) >= 11 is 0. The van der Waals surface area contributed by atoms with E-state index in [0.717, 1.165) is 18.7 Å². The molecule has 0 saturated heterocycles. The first kappa shape index (κ1) is 14.7. The molecule has 1 rings (SSSR count). The molecular weight excluding hydrogens is 232 g/mol. The molecule has 0 spiro atoms. The van der Waals surface area contributed by atoms with E-state index in [9.17, 15) is 4.79 Å². The molecule has 0 aliphatic rings. The van der Waals surface area contributed by atoms with Gasteiger partial charge in [0.15, 0.2) is 0 Å². The second-order valence-corrected chi connectivity index (χ2v) is 4.63. The van der Waals surface area contributed by atoms with E-state index in [-0.39, 0.29) is 5.76 Å². The lowest BCUT2D eigenvalue weighted by molar-refractivity contribution is 0.0563. The number of carbonyl (C=O) groups excluding carboxylic acids is 1. The summed E-state index contributed by atoms with van der Waals surface area (Å²) in [6.45, 7) is 3.79. The molecule has 1 atom stereocenters. The van der Waals surface area contributed by atoms with Crippen LogP contribution in [0.4, 0.5) is 0 Å². The highest BCUT2D eigenvalue weighted by Gasteiger charge is 2.11. The number of furan rings is 1. The minimum atomic E-state index is -0.443. The minimum Gasteiger partial charge on any atom is -0.463 e. The van der Waals surface area contributed by atoms with Crippen molar-refractivity contribution in [1.29, 1.82) is 0 Å². The number of nitrogens with zero attached hydrogens (tertiary/aromatic N) is 1. The lowest BCUT2D eigenvalue weighted by Gasteiger charge is -2.15. The van der Waals surface area contributed by atoms with Gasteiger partial charge in [0.25, 0.3) is 0 Å². The number of nitrogens with one attached hydrogen (secondary N) is 1. The molecule has 0 saturated carbocycles. The summed E-state index contributed by atoms with van der Waals surface area (Å²) in [5.74, 6) is 0.546. The molecule has 1 aromatic rings. The molecule has 1 N–H and O–H groups in total. The molecule has 0 bridgehead atoms. The topological polar surface area (TPSA) is 54.7 Å². The van der Waals surface area contributed by atoms with Gasteiger partial charge in [-0.1, -0.05) is 0 Å². The van der Waals surface area contributed by atoms with Crippen molar-refractivity contribution < 1.29 is 13.9 Å². The van der Waals surface area contributed by atoms with Crippen LogP contribution in [0.15, 0.2) is 16.5 Å². The first-order valence-electron chi connectivity index (χ1n) is 6.08. The van der Waals surface area contributed by atoms with Gasteiger partial charge in [-0.3, -0.25) is 0 Å². The number of esters is 1. The van der Waals surface area contributed by atoms with Crippen molar-refractivity contribution in [3.05, 3.63) is 23.7 Å². The van der Waals surface area contributed by atoms with E-state index in [1.165, 1.54) is 7.11 Å². The fraction of sp³-hybridized carbons (Fsp3) is 0.615. The van der Waals surface area contributed by atoms with Crippen molar-refractivity contribution in [2.45, 2.75) is 25.9 Å². The average molecular weight is 254 g/mol. The minimum absolute atomic E-state index is 0.246. The Morgan fingerprint density at radius 1 is 1.50 bits per heavy atom. The molecule has 5 heteroatoms. The summed E-state index contributed by atoms with van der Waals surface area (Å²) in [4.78, 5) is 13.4. The maximum atomic E-state index is 11.2. The fourth-order valence-electron chi connectivity index (χ4n) is 1.51. The molecule has 1 heterocycles. The number of hydrogen-bond donors (Lipinski definition) is 1. The van der Waals surface area contributed by atoms with Gasteiger partial charge < -0.3 is 19.4 Å². The predicted molar refractivity (Wildman–Crippen MR) is 69.5 cm³/mol. The van der Waals surface area contributed by atoms with E-state index in [1.54, 1.807) is 12.1 Å². The lowest BCUT2D eigenvalue weighted by atomic mass is 10.2. The quantitative estimate of drug-likeness (QED) is 0.747. The predicted octanol–water partition coefficient (Wildman–Crippen LogP) is 1.50. The molecule has 0 aliphatic heterocycles. The fourth-order valence-corrected chi connectivity index (χ4v) is 1.51. The maximum Gasteiger partial charge on any atom is 0.373 e. The second-order valence-electron chi connectivity index (χ2n) is 4.63. The highest BCUT2D eigenvalue weighted by Crippen LogP contribution is 2.09. The first-order valence-corrected chi connectivity index (χ1v) is 6.08. The van der Waals surface area contributed by atoms with Gasteiger partial charge in [0, 0.05) is 6.04 Å². The van der Waals surface area contributed by atoms with Gasteiger partial charge in [-0.25, -0.2) is 4.79 Å². The molecule has 18 heavy (non-hydrogen) atoms. The highest BCUT2D eigenvalue weighted by molar-refractivity contribution is 5.86. The molecular formula is C13H22N2O3. The molecule has 0 aromatic carbocycles. The summed E-state index contributed by atoms with van der Waals surface area (Å²) in [6, 6.07) is 3.82. The average Bonchev–Trinajstić information content (AvgIpc) is 2.81. The monoisotopic (exact) mass is 254 g/mol. The molecule has 0 amide bonds. The van der Waals surface area contributed by atoms with Gasteiger partial charge in [0.05, 0.1) is 13.7 Å². The standard InChI is InChI=1S/C13H22N2O3/c1-10(7-8-15(2)3)14-9-11-5-6-12(18-11)13(16)17-4/h5-6,10,14H,7-9H2,1-4H3. The number of rotatable bonds is 7. The summed E-state index contributed by atoms with van der Waals surface area (Å²) in [7, 11) is 5.45. The van der Waals surface area contributed by atoms with E-state index < -0.39 is 5.97 Å². The van der Waals surface area contributed by atoms with Crippen LogP contribution < -0.4 is 5.32 Å².